The lowest BCUT2D eigenvalue weighted by Crippen LogP contribution is -2.32. The molecule has 2 aromatic carbocycles. The highest BCUT2D eigenvalue weighted by Crippen LogP contribution is 2.34. The van der Waals surface area contributed by atoms with Gasteiger partial charge in [0.2, 0.25) is 0 Å². The van der Waals surface area contributed by atoms with Crippen LogP contribution in [-0.2, 0) is 22.2 Å². The number of hydrogen-bond donors (Lipinski definition) is 1. The van der Waals surface area contributed by atoms with E-state index in [4.69, 9.17) is 4.74 Å². The van der Waals surface area contributed by atoms with Gasteiger partial charge in [0.25, 0.3) is 0 Å². The maximum absolute atomic E-state index is 12.2. The molecule has 0 aliphatic carbocycles. The Kier molecular flexibility index (Phi) is 5.61. The molecule has 6 heteroatoms. The van der Waals surface area contributed by atoms with Gasteiger partial charge in [0, 0.05) is 25.2 Å². The van der Waals surface area contributed by atoms with Crippen LogP contribution in [0.3, 0.4) is 0 Å². The quantitative estimate of drug-likeness (QED) is 0.502. The first-order valence-electron chi connectivity index (χ1n) is 9.31. The Bertz CT molecular complexity index is 1020. The van der Waals surface area contributed by atoms with Crippen LogP contribution in [0.25, 0.3) is 10.8 Å². The average molecular weight is 380 g/mol. The van der Waals surface area contributed by atoms with E-state index in [0.29, 0.717) is 23.2 Å². The molecule has 1 aromatic heterocycles. The maximum Gasteiger partial charge on any atom is 0.309 e. The highest BCUT2D eigenvalue weighted by Gasteiger charge is 2.37. The van der Waals surface area contributed by atoms with Crippen LogP contribution in [0, 0.1) is 0 Å². The number of benzene rings is 2. The van der Waals surface area contributed by atoms with Gasteiger partial charge in [-0.05, 0) is 35.4 Å². The molecule has 0 radical (unpaired) electrons. The Hall–Kier alpha value is -2.99. The fraction of sp³-hybridized carbons (Fsp3) is 0.318. The Morgan fingerprint density at radius 3 is 2.50 bits per heavy atom. The molecule has 0 aliphatic heterocycles. The van der Waals surface area contributed by atoms with Gasteiger partial charge in [0.1, 0.15) is 5.60 Å². The molecule has 3 aromatic rings. The van der Waals surface area contributed by atoms with Gasteiger partial charge < -0.3 is 14.4 Å². The molecule has 0 saturated heterocycles. The SMILES string of the molecule is CCOC(=O)CC(O)(c1ccc2cc(C(=O)CC)ccc2c1)c1cn(C)cn1. The Morgan fingerprint density at radius 2 is 1.86 bits per heavy atom. The molecule has 1 unspecified atom stereocenters. The zero-order valence-corrected chi connectivity index (χ0v) is 16.3. The lowest BCUT2D eigenvalue weighted by Gasteiger charge is -2.26. The summed E-state index contributed by atoms with van der Waals surface area (Å²) in [6.07, 6.45) is 3.47. The van der Waals surface area contributed by atoms with E-state index < -0.39 is 11.6 Å². The van der Waals surface area contributed by atoms with Gasteiger partial charge in [-0.2, -0.15) is 0 Å². The first-order chi connectivity index (χ1) is 13.4. The van der Waals surface area contributed by atoms with Crippen molar-refractivity contribution < 1.29 is 19.4 Å². The minimum Gasteiger partial charge on any atom is -0.466 e. The van der Waals surface area contributed by atoms with E-state index in [1.807, 2.05) is 31.2 Å². The van der Waals surface area contributed by atoms with E-state index in [2.05, 4.69) is 4.98 Å². The monoisotopic (exact) mass is 380 g/mol. The van der Waals surface area contributed by atoms with Crippen LogP contribution in [0.4, 0.5) is 0 Å². The van der Waals surface area contributed by atoms with E-state index in [9.17, 15) is 14.7 Å². The van der Waals surface area contributed by atoms with Crippen molar-refractivity contribution >= 4 is 22.5 Å². The molecule has 28 heavy (non-hydrogen) atoms. The van der Waals surface area contributed by atoms with Gasteiger partial charge in [-0.1, -0.05) is 31.2 Å². The van der Waals surface area contributed by atoms with Gasteiger partial charge >= 0.3 is 5.97 Å². The largest absolute Gasteiger partial charge is 0.466 e. The van der Waals surface area contributed by atoms with Crippen molar-refractivity contribution in [3.05, 3.63) is 65.7 Å². The molecule has 3 rings (SSSR count). The number of aliphatic hydroxyl groups is 1. The Labute approximate surface area is 163 Å². The van der Waals surface area contributed by atoms with Crippen LogP contribution >= 0.6 is 0 Å². The first-order valence-corrected chi connectivity index (χ1v) is 9.31. The second kappa shape index (κ2) is 7.94. The fourth-order valence-corrected chi connectivity index (χ4v) is 3.27. The third-order valence-electron chi connectivity index (χ3n) is 4.80. The van der Waals surface area contributed by atoms with E-state index in [-0.39, 0.29) is 18.8 Å². The number of esters is 1. The third kappa shape index (κ3) is 3.82. The lowest BCUT2D eigenvalue weighted by molar-refractivity contribution is -0.147. The number of nitrogens with zero attached hydrogens (tertiary/aromatic N) is 2. The van der Waals surface area contributed by atoms with E-state index in [0.717, 1.165) is 10.8 Å². The summed E-state index contributed by atoms with van der Waals surface area (Å²) in [5.41, 5.74) is -0.0321. The highest BCUT2D eigenvalue weighted by molar-refractivity contribution is 5.99. The van der Waals surface area contributed by atoms with E-state index >= 15 is 0 Å². The summed E-state index contributed by atoms with van der Waals surface area (Å²) < 4.78 is 6.78. The smallest absolute Gasteiger partial charge is 0.309 e. The number of carbonyl (C=O) groups is 2. The summed E-state index contributed by atoms with van der Waals surface area (Å²) in [5, 5.41) is 13.2. The van der Waals surface area contributed by atoms with Gasteiger partial charge in [0.05, 0.1) is 25.0 Å². The molecule has 0 spiro atoms. The zero-order chi connectivity index (χ0) is 20.3. The molecule has 1 atom stereocenters. The average Bonchev–Trinajstić information content (AvgIpc) is 3.13. The summed E-state index contributed by atoms with van der Waals surface area (Å²) in [6.45, 7) is 3.80. The van der Waals surface area contributed by atoms with Gasteiger partial charge in [0.15, 0.2) is 5.78 Å². The van der Waals surface area contributed by atoms with Crippen LogP contribution in [0.5, 0.6) is 0 Å². The van der Waals surface area contributed by atoms with Crippen molar-refractivity contribution in [2.45, 2.75) is 32.3 Å². The van der Waals surface area contributed by atoms with E-state index in [1.54, 1.807) is 43.2 Å². The number of fused-ring (bicyclic) bond motifs is 1. The summed E-state index contributed by atoms with van der Waals surface area (Å²) in [4.78, 5) is 28.4. The Morgan fingerprint density at radius 1 is 1.14 bits per heavy atom. The molecule has 0 saturated carbocycles. The predicted molar refractivity (Wildman–Crippen MR) is 106 cm³/mol. The van der Waals surface area contributed by atoms with Crippen LogP contribution in [-0.4, -0.2) is 33.0 Å². The zero-order valence-electron chi connectivity index (χ0n) is 16.3. The fourth-order valence-electron chi connectivity index (χ4n) is 3.27. The minimum absolute atomic E-state index is 0.0817. The van der Waals surface area contributed by atoms with Crippen LogP contribution in [0.2, 0.25) is 0 Å². The van der Waals surface area contributed by atoms with Crippen molar-refractivity contribution in [3.8, 4) is 0 Å². The topological polar surface area (TPSA) is 81.4 Å². The number of carbonyl (C=O) groups excluding carboxylic acids is 2. The maximum atomic E-state index is 12.2. The molecule has 0 amide bonds. The molecular weight excluding hydrogens is 356 g/mol. The van der Waals surface area contributed by atoms with Crippen molar-refractivity contribution in [2.24, 2.45) is 7.05 Å². The number of Topliss-reactive ketones (excluding diaryl/α,β-unsaturated/α-hetero) is 1. The molecular formula is C22H24N2O4. The molecule has 6 nitrogen and oxygen atoms in total. The van der Waals surface area contributed by atoms with Crippen molar-refractivity contribution in [2.75, 3.05) is 6.61 Å². The second-order valence-corrected chi connectivity index (χ2v) is 6.82. The van der Waals surface area contributed by atoms with Crippen molar-refractivity contribution in [3.63, 3.8) is 0 Å². The molecule has 146 valence electrons. The van der Waals surface area contributed by atoms with Crippen LogP contribution in [0.1, 0.15) is 48.3 Å². The number of hydrogen-bond acceptors (Lipinski definition) is 5. The van der Waals surface area contributed by atoms with E-state index in [1.165, 1.54) is 0 Å². The number of imidazole rings is 1. The molecule has 1 heterocycles. The number of ether oxygens (including phenoxy) is 1. The summed E-state index contributed by atoms with van der Waals surface area (Å²) >= 11 is 0. The number of aromatic nitrogens is 2. The summed E-state index contributed by atoms with van der Waals surface area (Å²) in [6, 6.07) is 10.9. The number of aryl methyl sites for hydroxylation is 1. The van der Waals surface area contributed by atoms with Gasteiger partial charge in [-0.3, -0.25) is 9.59 Å². The number of ketones is 1. The molecule has 0 fully saturated rings. The summed E-state index contributed by atoms with van der Waals surface area (Å²) in [7, 11) is 1.80. The van der Waals surface area contributed by atoms with Crippen LogP contribution < -0.4 is 0 Å². The lowest BCUT2D eigenvalue weighted by atomic mass is 9.86. The molecule has 0 aliphatic rings. The second-order valence-electron chi connectivity index (χ2n) is 6.82. The van der Waals surface area contributed by atoms with Crippen LogP contribution in [0.15, 0.2) is 48.9 Å². The van der Waals surface area contributed by atoms with Gasteiger partial charge in [-0.15, -0.1) is 0 Å². The number of rotatable bonds is 7. The standard InChI is InChI=1S/C22H24N2O4/c1-4-19(25)17-7-6-16-11-18(9-8-15(16)10-17)22(27,12-21(26)28-5-2)20-13-24(3)14-23-20/h6-11,13-14,27H,4-5,12H2,1-3H3. The predicted octanol–water partition coefficient (Wildman–Crippen LogP) is 3.36. The third-order valence-corrected chi connectivity index (χ3v) is 4.80. The highest BCUT2D eigenvalue weighted by atomic mass is 16.5. The van der Waals surface area contributed by atoms with Crippen molar-refractivity contribution in [1.82, 2.24) is 9.55 Å². The normalized spacial score (nSPS) is 13.3. The van der Waals surface area contributed by atoms with Crippen molar-refractivity contribution in [1.29, 1.82) is 0 Å². The van der Waals surface area contributed by atoms with Gasteiger partial charge in [-0.25, -0.2) is 4.98 Å². The Balaban J connectivity index is 2.07. The first kappa shape index (κ1) is 19.8. The minimum atomic E-state index is -1.61. The summed E-state index contributed by atoms with van der Waals surface area (Å²) in [5.74, 6) is -0.419. The molecule has 1 N–H and O–H groups in total. The molecule has 0 bridgehead atoms.